The van der Waals surface area contributed by atoms with E-state index in [1.165, 1.54) is 19.3 Å². The molecule has 1 saturated carbocycles. The number of rotatable bonds is 4. The maximum Gasteiger partial charge on any atom is 0.107 e. The third-order valence-corrected chi connectivity index (χ3v) is 4.03. The van der Waals surface area contributed by atoms with Crippen molar-refractivity contribution in [1.82, 2.24) is 15.3 Å². The number of nitrogens with one attached hydrogen (secondary N) is 2. The van der Waals surface area contributed by atoms with Gasteiger partial charge in [0.1, 0.15) is 5.82 Å². The van der Waals surface area contributed by atoms with Gasteiger partial charge in [-0.3, -0.25) is 0 Å². The second kappa shape index (κ2) is 5.48. The molecular formula is C13H23N3. The van der Waals surface area contributed by atoms with E-state index >= 15 is 0 Å². The molecular weight excluding hydrogens is 198 g/mol. The second-order valence-electron chi connectivity index (χ2n) is 5.11. The quantitative estimate of drug-likeness (QED) is 0.819. The van der Waals surface area contributed by atoms with E-state index in [2.05, 4.69) is 29.1 Å². The van der Waals surface area contributed by atoms with Crippen LogP contribution in [-0.4, -0.2) is 22.6 Å². The normalized spacial score (nSPS) is 30.5. The number of imidazole rings is 1. The van der Waals surface area contributed by atoms with Crippen molar-refractivity contribution in [2.75, 3.05) is 6.54 Å². The minimum atomic E-state index is 0.707. The van der Waals surface area contributed by atoms with E-state index in [1.807, 2.05) is 12.4 Å². The fourth-order valence-electron chi connectivity index (χ4n) is 2.68. The zero-order valence-corrected chi connectivity index (χ0v) is 10.4. The molecule has 1 aliphatic carbocycles. The Balaban J connectivity index is 1.73. The summed E-state index contributed by atoms with van der Waals surface area (Å²) in [6.07, 6.45) is 8.83. The Morgan fingerprint density at radius 2 is 2.31 bits per heavy atom. The Morgan fingerprint density at radius 1 is 1.44 bits per heavy atom. The highest BCUT2D eigenvalue weighted by molar-refractivity contribution is 4.89. The summed E-state index contributed by atoms with van der Waals surface area (Å²) in [6, 6.07) is 0.707. The van der Waals surface area contributed by atoms with Crippen molar-refractivity contribution in [2.24, 2.45) is 11.8 Å². The number of hydrogen-bond acceptors (Lipinski definition) is 2. The fourth-order valence-corrected chi connectivity index (χ4v) is 2.68. The van der Waals surface area contributed by atoms with Gasteiger partial charge in [-0.15, -0.1) is 0 Å². The molecule has 0 aromatic carbocycles. The summed E-state index contributed by atoms with van der Waals surface area (Å²) in [7, 11) is 0. The lowest BCUT2D eigenvalue weighted by Crippen LogP contribution is -2.41. The molecule has 90 valence electrons. The first-order chi connectivity index (χ1) is 7.77. The number of hydrogen-bond donors (Lipinski definition) is 2. The lowest BCUT2D eigenvalue weighted by Gasteiger charge is -2.34. The predicted octanol–water partition coefficient (Wildman–Crippen LogP) is 2.37. The Morgan fingerprint density at radius 3 is 3.06 bits per heavy atom. The molecule has 0 bridgehead atoms. The van der Waals surface area contributed by atoms with Crippen LogP contribution in [0.25, 0.3) is 0 Å². The van der Waals surface area contributed by atoms with Crippen LogP contribution in [0.4, 0.5) is 0 Å². The SMILES string of the molecule is CC1CCCC(NCCc2ncc[nH]2)C1C. The van der Waals surface area contributed by atoms with Crippen molar-refractivity contribution in [3.05, 3.63) is 18.2 Å². The molecule has 1 aromatic rings. The molecule has 0 spiro atoms. The van der Waals surface area contributed by atoms with Gasteiger partial charge in [0.25, 0.3) is 0 Å². The lowest BCUT2D eigenvalue weighted by molar-refractivity contribution is 0.208. The molecule has 2 N–H and O–H groups in total. The molecule has 3 nitrogen and oxygen atoms in total. The highest BCUT2D eigenvalue weighted by Crippen LogP contribution is 2.29. The highest BCUT2D eigenvalue weighted by atomic mass is 14.9. The maximum atomic E-state index is 4.24. The summed E-state index contributed by atoms with van der Waals surface area (Å²) in [5.41, 5.74) is 0. The van der Waals surface area contributed by atoms with Gasteiger partial charge in [-0.25, -0.2) is 4.98 Å². The molecule has 1 fully saturated rings. The molecule has 3 heteroatoms. The molecule has 3 atom stereocenters. The van der Waals surface area contributed by atoms with Crippen LogP contribution in [0.15, 0.2) is 12.4 Å². The van der Waals surface area contributed by atoms with E-state index in [0.717, 1.165) is 30.6 Å². The zero-order valence-electron chi connectivity index (χ0n) is 10.4. The summed E-state index contributed by atoms with van der Waals surface area (Å²) >= 11 is 0. The van der Waals surface area contributed by atoms with Crippen LogP contribution in [0.3, 0.4) is 0 Å². The van der Waals surface area contributed by atoms with Crippen molar-refractivity contribution in [1.29, 1.82) is 0 Å². The minimum Gasteiger partial charge on any atom is -0.349 e. The molecule has 2 rings (SSSR count). The van der Waals surface area contributed by atoms with Crippen LogP contribution in [0.2, 0.25) is 0 Å². The average molecular weight is 221 g/mol. The minimum absolute atomic E-state index is 0.707. The Hall–Kier alpha value is -0.830. The Bertz CT molecular complexity index is 294. The molecule has 0 radical (unpaired) electrons. The standard InChI is InChI=1S/C13H23N3/c1-10-4-3-5-12(11(10)2)14-7-6-13-15-8-9-16-13/h8-12,14H,3-7H2,1-2H3,(H,15,16). The molecule has 1 aromatic heterocycles. The van der Waals surface area contributed by atoms with Gasteiger partial charge in [0.2, 0.25) is 0 Å². The van der Waals surface area contributed by atoms with Crippen molar-refractivity contribution in [3.63, 3.8) is 0 Å². The number of nitrogens with zero attached hydrogens (tertiary/aromatic N) is 1. The van der Waals surface area contributed by atoms with Gasteiger partial charge in [0.05, 0.1) is 0 Å². The van der Waals surface area contributed by atoms with Crippen molar-refractivity contribution < 1.29 is 0 Å². The summed E-state index contributed by atoms with van der Waals surface area (Å²) in [4.78, 5) is 7.38. The summed E-state index contributed by atoms with van der Waals surface area (Å²) in [5, 5.41) is 3.68. The largest absolute Gasteiger partial charge is 0.349 e. The Labute approximate surface area is 98.1 Å². The second-order valence-corrected chi connectivity index (χ2v) is 5.11. The molecule has 0 aliphatic heterocycles. The van der Waals surface area contributed by atoms with Gasteiger partial charge in [-0.05, 0) is 18.3 Å². The first kappa shape index (κ1) is 11.6. The van der Waals surface area contributed by atoms with Crippen molar-refractivity contribution in [2.45, 2.75) is 45.6 Å². The molecule has 16 heavy (non-hydrogen) atoms. The summed E-state index contributed by atoms with van der Waals surface area (Å²) in [5.74, 6) is 2.77. The number of aromatic nitrogens is 2. The van der Waals surface area contributed by atoms with E-state index in [0.29, 0.717) is 6.04 Å². The van der Waals surface area contributed by atoms with Gasteiger partial charge >= 0.3 is 0 Å². The van der Waals surface area contributed by atoms with Gasteiger partial charge in [-0.2, -0.15) is 0 Å². The van der Waals surface area contributed by atoms with Crippen LogP contribution in [0.1, 0.15) is 38.9 Å². The first-order valence-electron chi connectivity index (χ1n) is 6.49. The summed E-state index contributed by atoms with van der Waals surface area (Å²) in [6.45, 7) is 5.80. The molecule has 3 unspecified atom stereocenters. The third kappa shape index (κ3) is 2.85. The van der Waals surface area contributed by atoms with Gasteiger partial charge in [-0.1, -0.05) is 26.7 Å². The van der Waals surface area contributed by atoms with E-state index < -0.39 is 0 Å². The molecule has 0 amide bonds. The predicted molar refractivity (Wildman–Crippen MR) is 66.3 cm³/mol. The number of H-pyrrole nitrogens is 1. The monoisotopic (exact) mass is 221 g/mol. The average Bonchev–Trinajstić information content (AvgIpc) is 2.77. The Kier molecular flexibility index (Phi) is 3.99. The van der Waals surface area contributed by atoms with Crippen molar-refractivity contribution >= 4 is 0 Å². The zero-order chi connectivity index (χ0) is 11.4. The van der Waals surface area contributed by atoms with Gasteiger partial charge in [0.15, 0.2) is 0 Å². The lowest BCUT2D eigenvalue weighted by atomic mass is 9.78. The highest BCUT2D eigenvalue weighted by Gasteiger charge is 2.26. The van der Waals surface area contributed by atoms with Gasteiger partial charge in [0, 0.05) is 31.4 Å². The first-order valence-corrected chi connectivity index (χ1v) is 6.49. The van der Waals surface area contributed by atoms with E-state index in [-0.39, 0.29) is 0 Å². The van der Waals surface area contributed by atoms with E-state index in [1.54, 1.807) is 0 Å². The van der Waals surface area contributed by atoms with Crippen LogP contribution < -0.4 is 5.32 Å². The van der Waals surface area contributed by atoms with Crippen LogP contribution in [0, 0.1) is 11.8 Å². The van der Waals surface area contributed by atoms with Gasteiger partial charge < -0.3 is 10.3 Å². The van der Waals surface area contributed by atoms with E-state index in [4.69, 9.17) is 0 Å². The maximum absolute atomic E-state index is 4.24. The smallest absolute Gasteiger partial charge is 0.107 e. The van der Waals surface area contributed by atoms with Crippen molar-refractivity contribution in [3.8, 4) is 0 Å². The van der Waals surface area contributed by atoms with Crippen LogP contribution in [0.5, 0.6) is 0 Å². The number of aromatic amines is 1. The van der Waals surface area contributed by atoms with Crippen LogP contribution in [-0.2, 0) is 6.42 Å². The molecule has 1 aliphatic rings. The fraction of sp³-hybridized carbons (Fsp3) is 0.769. The molecule has 1 heterocycles. The van der Waals surface area contributed by atoms with E-state index in [9.17, 15) is 0 Å². The van der Waals surface area contributed by atoms with Crippen LogP contribution >= 0.6 is 0 Å². The third-order valence-electron chi connectivity index (χ3n) is 4.03. The summed E-state index contributed by atoms with van der Waals surface area (Å²) < 4.78 is 0. The molecule has 0 saturated heterocycles. The topological polar surface area (TPSA) is 40.7 Å².